The van der Waals surface area contributed by atoms with Gasteiger partial charge in [-0.1, -0.05) is 0 Å². The molecule has 3 heterocycles. The van der Waals surface area contributed by atoms with E-state index in [9.17, 15) is 9.59 Å². The van der Waals surface area contributed by atoms with Crippen LogP contribution in [0.4, 0.5) is 4.79 Å². The van der Waals surface area contributed by atoms with E-state index in [4.69, 9.17) is 10.2 Å². The lowest BCUT2D eigenvalue weighted by atomic mass is 10.1. The largest absolute Gasteiger partial charge is 0.459 e. The fourth-order valence-electron chi connectivity index (χ4n) is 2.62. The second-order valence-corrected chi connectivity index (χ2v) is 4.92. The second kappa shape index (κ2) is 5.35. The molecule has 7 heteroatoms. The molecule has 1 aliphatic rings. The molecule has 0 bridgehead atoms. The number of hydrogen-bond donors (Lipinski definition) is 2. The number of furan rings is 1. The lowest BCUT2D eigenvalue weighted by Gasteiger charge is -2.40. The number of nitrogens with zero attached hydrogens (tertiary/aromatic N) is 2. The quantitative estimate of drug-likeness (QED) is 0.868. The van der Waals surface area contributed by atoms with Gasteiger partial charge in [-0.15, -0.1) is 0 Å². The maximum Gasteiger partial charge on any atom is 0.315 e. The van der Waals surface area contributed by atoms with Crippen LogP contribution in [0.15, 0.2) is 41.3 Å². The van der Waals surface area contributed by atoms with Crippen LogP contribution in [0.3, 0.4) is 0 Å². The normalized spacial score (nSPS) is 18.8. The first kappa shape index (κ1) is 13.3. The van der Waals surface area contributed by atoms with E-state index in [-0.39, 0.29) is 11.9 Å². The van der Waals surface area contributed by atoms with E-state index in [1.165, 1.54) is 6.26 Å². The van der Waals surface area contributed by atoms with E-state index in [0.717, 1.165) is 5.56 Å². The molecular formula is C14H16N4O3. The van der Waals surface area contributed by atoms with Gasteiger partial charge in [0.2, 0.25) is 0 Å². The van der Waals surface area contributed by atoms with E-state index in [2.05, 4.69) is 4.98 Å². The molecule has 1 fully saturated rings. The first-order valence-electron chi connectivity index (χ1n) is 6.68. The molecule has 0 spiro atoms. The lowest BCUT2D eigenvalue weighted by Crippen LogP contribution is -2.53. The number of aromatic amines is 1. The minimum atomic E-state index is -0.480. The summed E-state index contributed by atoms with van der Waals surface area (Å²) in [6.45, 7) is 1.22. The van der Waals surface area contributed by atoms with Gasteiger partial charge in [-0.05, 0) is 23.8 Å². The highest BCUT2D eigenvalue weighted by atomic mass is 16.3. The number of hydrogen-bond acceptors (Lipinski definition) is 3. The van der Waals surface area contributed by atoms with E-state index < -0.39 is 6.03 Å². The number of aromatic nitrogens is 1. The summed E-state index contributed by atoms with van der Waals surface area (Å²) in [6.07, 6.45) is 5.06. The van der Waals surface area contributed by atoms with Gasteiger partial charge in [0.1, 0.15) is 0 Å². The summed E-state index contributed by atoms with van der Waals surface area (Å²) in [5.74, 6) is 0.125. The van der Waals surface area contributed by atoms with Gasteiger partial charge in [0.15, 0.2) is 5.76 Å². The number of urea groups is 1. The van der Waals surface area contributed by atoms with Crippen LogP contribution in [0.5, 0.6) is 0 Å². The molecule has 0 aromatic carbocycles. The van der Waals surface area contributed by atoms with Crippen molar-refractivity contribution < 1.29 is 14.0 Å². The maximum atomic E-state index is 12.3. The second-order valence-electron chi connectivity index (χ2n) is 4.92. The van der Waals surface area contributed by atoms with Gasteiger partial charge in [0, 0.05) is 32.0 Å². The minimum Gasteiger partial charge on any atom is -0.459 e. The summed E-state index contributed by atoms with van der Waals surface area (Å²) < 4.78 is 5.15. The van der Waals surface area contributed by atoms with Crippen LogP contribution in [0, 0.1) is 0 Å². The number of nitrogens with two attached hydrogens (primary N) is 1. The molecule has 1 unspecified atom stereocenters. The summed E-state index contributed by atoms with van der Waals surface area (Å²) in [4.78, 5) is 30.1. The summed E-state index contributed by atoms with van der Waals surface area (Å²) in [5, 5.41) is 0. The van der Waals surface area contributed by atoms with Crippen molar-refractivity contribution in [3.8, 4) is 0 Å². The van der Waals surface area contributed by atoms with Crippen molar-refractivity contribution in [3.63, 3.8) is 0 Å². The van der Waals surface area contributed by atoms with Crippen molar-refractivity contribution in [2.45, 2.75) is 6.04 Å². The van der Waals surface area contributed by atoms with Crippen LogP contribution in [-0.2, 0) is 0 Å². The third-order valence-electron chi connectivity index (χ3n) is 3.69. The third kappa shape index (κ3) is 2.49. The average Bonchev–Trinajstić information content (AvgIpc) is 3.18. The fraction of sp³-hybridized carbons (Fsp3) is 0.286. The van der Waals surface area contributed by atoms with Crippen molar-refractivity contribution >= 4 is 11.9 Å². The van der Waals surface area contributed by atoms with Crippen molar-refractivity contribution in [2.75, 3.05) is 19.6 Å². The van der Waals surface area contributed by atoms with Gasteiger partial charge in [0.25, 0.3) is 5.91 Å². The number of amides is 3. The van der Waals surface area contributed by atoms with Crippen molar-refractivity contribution in [3.05, 3.63) is 48.2 Å². The molecule has 21 heavy (non-hydrogen) atoms. The standard InChI is InChI=1S/C14H16N4O3/c15-14(20)18-6-5-17(13(19)12-2-1-7-21-12)9-11(18)10-3-4-16-8-10/h1-4,7-8,11,16H,5-6,9H2,(H2,15,20). The molecule has 1 saturated heterocycles. The van der Waals surface area contributed by atoms with Gasteiger partial charge >= 0.3 is 6.03 Å². The third-order valence-corrected chi connectivity index (χ3v) is 3.69. The Kier molecular flexibility index (Phi) is 3.39. The fourth-order valence-corrected chi connectivity index (χ4v) is 2.62. The van der Waals surface area contributed by atoms with Crippen molar-refractivity contribution in [1.29, 1.82) is 0 Å². The number of primary amides is 1. The molecule has 2 aromatic heterocycles. The number of rotatable bonds is 2. The lowest BCUT2D eigenvalue weighted by molar-refractivity contribution is 0.0537. The van der Waals surface area contributed by atoms with Crippen LogP contribution in [0.1, 0.15) is 22.2 Å². The zero-order valence-electron chi connectivity index (χ0n) is 11.4. The van der Waals surface area contributed by atoms with Crippen LogP contribution >= 0.6 is 0 Å². The van der Waals surface area contributed by atoms with E-state index >= 15 is 0 Å². The Morgan fingerprint density at radius 1 is 1.33 bits per heavy atom. The van der Waals surface area contributed by atoms with Crippen molar-refractivity contribution in [1.82, 2.24) is 14.8 Å². The van der Waals surface area contributed by atoms with E-state index in [1.54, 1.807) is 28.1 Å². The summed E-state index contributed by atoms with van der Waals surface area (Å²) >= 11 is 0. The van der Waals surface area contributed by atoms with E-state index in [0.29, 0.717) is 25.4 Å². The zero-order valence-corrected chi connectivity index (χ0v) is 11.4. The molecule has 0 saturated carbocycles. The molecule has 1 atom stereocenters. The van der Waals surface area contributed by atoms with Gasteiger partial charge in [-0.2, -0.15) is 0 Å². The summed E-state index contributed by atoms with van der Waals surface area (Å²) in [6, 6.07) is 4.46. The predicted molar refractivity (Wildman–Crippen MR) is 74.4 cm³/mol. The van der Waals surface area contributed by atoms with E-state index in [1.807, 2.05) is 12.3 Å². The molecular weight excluding hydrogens is 272 g/mol. The monoisotopic (exact) mass is 288 g/mol. The Balaban J connectivity index is 1.82. The number of piperazine rings is 1. The van der Waals surface area contributed by atoms with Gasteiger partial charge in [-0.3, -0.25) is 4.79 Å². The summed E-state index contributed by atoms with van der Waals surface area (Å²) in [5.41, 5.74) is 6.36. The number of carbonyl (C=O) groups is 2. The van der Waals surface area contributed by atoms with Gasteiger partial charge in [0.05, 0.1) is 12.3 Å². The Morgan fingerprint density at radius 2 is 2.19 bits per heavy atom. The van der Waals surface area contributed by atoms with Crippen LogP contribution in [0.25, 0.3) is 0 Å². The molecule has 2 aromatic rings. The predicted octanol–water partition coefficient (Wildman–Crippen LogP) is 1.19. The van der Waals surface area contributed by atoms with Crippen LogP contribution in [0.2, 0.25) is 0 Å². The molecule has 0 aliphatic carbocycles. The molecule has 3 N–H and O–H groups in total. The number of nitrogens with one attached hydrogen (secondary N) is 1. The Labute approximate surface area is 121 Å². The SMILES string of the molecule is NC(=O)N1CCN(C(=O)c2ccco2)CC1c1cc[nH]c1. The highest BCUT2D eigenvalue weighted by Crippen LogP contribution is 2.25. The maximum absolute atomic E-state index is 12.3. The highest BCUT2D eigenvalue weighted by Gasteiger charge is 2.33. The highest BCUT2D eigenvalue weighted by molar-refractivity contribution is 5.91. The number of H-pyrrole nitrogens is 1. The molecule has 0 radical (unpaired) electrons. The van der Waals surface area contributed by atoms with Crippen LogP contribution < -0.4 is 5.73 Å². The Morgan fingerprint density at radius 3 is 2.81 bits per heavy atom. The van der Waals surface area contributed by atoms with Gasteiger partial charge in [-0.25, -0.2) is 4.79 Å². The number of carbonyl (C=O) groups excluding carboxylic acids is 2. The minimum absolute atomic E-state index is 0.176. The molecule has 1 aliphatic heterocycles. The van der Waals surface area contributed by atoms with Crippen molar-refractivity contribution in [2.24, 2.45) is 5.73 Å². The first-order valence-corrected chi connectivity index (χ1v) is 6.68. The zero-order chi connectivity index (χ0) is 14.8. The first-order chi connectivity index (χ1) is 10.2. The smallest absolute Gasteiger partial charge is 0.315 e. The molecule has 110 valence electrons. The molecule has 7 nitrogen and oxygen atoms in total. The van der Waals surface area contributed by atoms with Gasteiger partial charge < -0.3 is 24.9 Å². The van der Waals surface area contributed by atoms with Crippen LogP contribution in [-0.4, -0.2) is 46.4 Å². The molecule has 3 rings (SSSR count). The Bertz CT molecular complexity index is 621. The Hall–Kier alpha value is -2.70. The average molecular weight is 288 g/mol. The topological polar surface area (TPSA) is 95.6 Å². The summed E-state index contributed by atoms with van der Waals surface area (Å²) in [7, 11) is 0. The molecule has 3 amide bonds.